The van der Waals surface area contributed by atoms with Crippen LogP contribution in [0.2, 0.25) is 0 Å². The summed E-state index contributed by atoms with van der Waals surface area (Å²) in [7, 11) is 0. The molecule has 1 aromatic carbocycles. The summed E-state index contributed by atoms with van der Waals surface area (Å²) in [6.45, 7) is 7.10. The maximum atomic E-state index is 13.1. The molecule has 5 nitrogen and oxygen atoms in total. The first kappa shape index (κ1) is 21.0. The van der Waals surface area contributed by atoms with Gasteiger partial charge in [0.2, 0.25) is 0 Å². The van der Waals surface area contributed by atoms with Crippen LogP contribution >= 0.6 is 0 Å². The third-order valence-electron chi connectivity index (χ3n) is 5.95. The van der Waals surface area contributed by atoms with Gasteiger partial charge in [0.05, 0.1) is 5.56 Å². The molecule has 1 aliphatic rings. The molecule has 1 aliphatic carbocycles. The first-order valence-electron chi connectivity index (χ1n) is 10.4. The topological polar surface area (TPSA) is 73.3 Å². The number of rotatable bonds is 6. The Morgan fingerprint density at radius 2 is 1.93 bits per heavy atom. The molecule has 3 atom stereocenters. The standard InChI is InChI=1S/C24H30N2O3/c1-16(2)20-11-10-17(3)13-22(20)29-24(28)21-9-5-4-7-18(21)14-26-12-6-8-19(15-26)23(25)27/h4-9,12,15-17,20,22H,10-11,13-14H2,1-3H3,(H-,25,27)/p+1/t17-,20+,22-/m1/s1. The average Bonchev–Trinajstić information content (AvgIpc) is 2.68. The van der Waals surface area contributed by atoms with Gasteiger partial charge in [-0.2, -0.15) is 4.57 Å². The quantitative estimate of drug-likeness (QED) is 0.598. The minimum absolute atomic E-state index is 0.0369. The van der Waals surface area contributed by atoms with Crippen molar-refractivity contribution in [2.45, 2.75) is 52.7 Å². The molecule has 2 N–H and O–H groups in total. The normalized spacial score (nSPS) is 21.7. The van der Waals surface area contributed by atoms with Crippen LogP contribution in [0.1, 0.15) is 66.3 Å². The molecule has 0 aliphatic heterocycles. The van der Waals surface area contributed by atoms with Crippen LogP contribution in [-0.2, 0) is 11.3 Å². The number of hydrogen-bond acceptors (Lipinski definition) is 3. The van der Waals surface area contributed by atoms with Crippen LogP contribution in [0.5, 0.6) is 0 Å². The lowest BCUT2D eigenvalue weighted by atomic mass is 9.75. The van der Waals surface area contributed by atoms with Crippen LogP contribution < -0.4 is 10.3 Å². The van der Waals surface area contributed by atoms with Crippen LogP contribution in [0.25, 0.3) is 0 Å². The van der Waals surface area contributed by atoms with Gasteiger partial charge in [-0.05, 0) is 42.7 Å². The van der Waals surface area contributed by atoms with E-state index in [0.29, 0.717) is 35.4 Å². The monoisotopic (exact) mass is 395 g/mol. The number of nitrogens with two attached hydrogens (primary N) is 1. The highest BCUT2D eigenvalue weighted by atomic mass is 16.5. The number of pyridine rings is 1. The van der Waals surface area contributed by atoms with Crippen molar-refractivity contribution >= 4 is 11.9 Å². The molecule has 0 radical (unpaired) electrons. The summed E-state index contributed by atoms with van der Waals surface area (Å²) >= 11 is 0. The molecule has 1 saturated carbocycles. The number of primary amides is 1. The summed E-state index contributed by atoms with van der Waals surface area (Å²) in [5.74, 6) is 0.729. The van der Waals surface area contributed by atoms with Crippen molar-refractivity contribution in [3.05, 3.63) is 65.5 Å². The van der Waals surface area contributed by atoms with Gasteiger partial charge in [-0.25, -0.2) is 4.79 Å². The number of carbonyl (C=O) groups excluding carboxylic acids is 2. The second-order valence-electron chi connectivity index (χ2n) is 8.56. The number of benzene rings is 1. The van der Waals surface area contributed by atoms with Gasteiger partial charge in [0.1, 0.15) is 11.7 Å². The predicted octanol–water partition coefficient (Wildman–Crippen LogP) is 3.74. The van der Waals surface area contributed by atoms with E-state index in [1.807, 2.05) is 35.0 Å². The zero-order valence-electron chi connectivity index (χ0n) is 17.5. The number of carbonyl (C=O) groups is 2. The van der Waals surface area contributed by atoms with E-state index in [9.17, 15) is 9.59 Å². The molecule has 1 fully saturated rings. The Hall–Kier alpha value is -2.69. The summed E-state index contributed by atoms with van der Waals surface area (Å²) < 4.78 is 7.89. The Morgan fingerprint density at radius 1 is 1.17 bits per heavy atom. The summed E-state index contributed by atoms with van der Waals surface area (Å²) in [5.41, 5.74) is 7.24. The Kier molecular flexibility index (Phi) is 6.68. The highest BCUT2D eigenvalue weighted by Gasteiger charge is 2.34. The SMILES string of the molecule is CC(C)[C@@H]1CC[C@@H](C)C[C@H]1OC(=O)c1ccccc1C[n+]1cccc(C(N)=O)c1. The van der Waals surface area contributed by atoms with Gasteiger partial charge in [0.25, 0.3) is 5.91 Å². The minimum atomic E-state index is -0.474. The number of ether oxygens (including phenoxy) is 1. The molecule has 2 aromatic rings. The maximum Gasteiger partial charge on any atom is 0.338 e. The number of hydrogen-bond donors (Lipinski definition) is 1. The van der Waals surface area contributed by atoms with E-state index in [1.165, 1.54) is 6.42 Å². The number of amides is 1. The molecule has 1 aromatic heterocycles. The highest BCUT2D eigenvalue weighted by molar-refractivity contribution is 5.92. The molecule has 29 heavy (non-hydrogen) atoms. The second kappa shape index (κ2) is 9.21. The van der Waals surface area contributed by atoms with Gasteiger partial charge >= 0.3 is 5.97 Å². The van der Waals surface area contributed by atoms with Crippen molar-refractivity contribution < 1.29 is 18.9 Å². The van der Waals surface area contributed by atoms with Crippen molar-refractivity contribution in [2.75, 3.05) is 0 Å². The van der Waals surface area contributed by atoms with E-state index in [-0.39, 0.29) is 12.1 Å². The van der Waals surface area contributed by atoms with Crippen LogP contribution in [0.4, 0.5) is 0 Å². The molecular formula is C24H31N2O3+. The zero-order chi connectivity index (χ0) is 21.0. The maximum absolute atomic E-state index is 13.1. The smallest absolute Gasteiger partial charge is 0.338 e. The molecule has 0 saturated heterocycles. The summed E-state index contributed by atoms with van der Waals surface area (Å²) in [4.78, 5) is 24.5. The zero-order valence-corrected chi connectivity index (χ0v) is 17.5. The molecule has 0 spiro atoms. The largest absolute Gasteiger partial charge is 0.458 e. The predicted molar refractivity (Wildman–Crippen MR) is 111 cm³/mol. The summed E-state index contributed by atoms with van der Waals surface area (Å²) in [6, 6.07) is 10.9. The Bertz CT molecular complexity index is 878. The summed E-state index contributed by atoms with van der Waals surface area (Å²) in [6.07, 6.45) is 6.74. The van der Waals surface area contributed by atoms with Crippen LogP contribution in [0, 0.1) is 17.8 Å². The lowest BCUT2D eigenvalue weighted by Crippen LogP contribution is -2.37. The Balaban J connectivity index is 1.80. The fourth-order valence-corrected chi connectivity index (χ4v) is 4.27. The fraction of sp³-hybridized carbons (Fsp3) is 0.458. The van der Waals surface area contributed by atoms with Crippen molar-refractivity contribution in [1.29, 1.82) is 0 Å². The lowest BCUT2D eigenvalue weighted by molar-refractivity contribution is -0.688. The third kappa shape index (κ3) is 5.22. The Labute approximate surface area is 172 Å². The lowest BCUT2D eigenvalue weighted by Gasteiger charge is -2.36. The first-order valence-corrected chi connectivity index (χ1v) is 10.4. The van der Waals surface area contributed by atoms with Crippen molar-refractivity contribution in [2.24, 2.45) is 23.5 Å². The first-order chi connectivity index (χ1) is 13.8. The highest BCUT2D eigenvalue weighted by Crippen LogP contribution is 2.35. The molecule has 1 heterocycles. The third-order valence-corrected chi connectivity index (χ3v) is 5.95. The van der Waals surface area contributed by atoms with E-state index in [0.717, 1.165) is 18.4 Å². The summed E-state index contributed by atoms with van der Waals surface area (Å²) in [5, 5.41) is 0. The number of nitrogens with zero attached hydrogens (tertiary/aromatic N) is 1. The van der Waals surface area contributed by atoms with E-state index < -0.39 is 5.91 Å². The van der Waals surface area contributed by atoms with E-state index in [1.54, 1.807) is 18.3 Å². The Morgan fingerprint density at radius 3 is 2.66 bits per heavy atom. The van der Waals surface area contributed by atoms with Gasteiger partial charge < -0.3 is 10.5 Å². The van der Waals surface area contributed by atoms with E-state index in [4.69, 9.17) is 10.5 Å². The van der Waals surface area contributed by atoms with Gasteiger partial charge in [-0.1, -0.05) is 45.4 Å². The molecule has 0 unspecified atom stereocenters. The molecule has 0 bridgehead atoms. The molecule has 154 valence electrons. The average molecular weight is 396 g/mol. The van der Waals surface area contributed by atoms with Gasteiger partial charge in [-0.15, -0.1) is 0 Å². The minimum Gasteiger partial charge on any atom is -0.458 e. The van der Waals surface area contributed by atoms with E-state index in [2.05, 4.69) is 20.8 Å². The van der Waals surface area contributed by atoms with Gasteiger partial charge in [0, 0.05) is 11.6 Å². The van der Waals surface area contributed by atoms with Crippen molar-refractivity contribution in [1.82, 2.24) is 0 Å². The van der Waals surface area contributed by atoms with Crippen molar-refractivity contribution in [3.63, 3.8) is 0 Å². The van der Waals surface area contributed by atoms with Crippen molar-refractivity contribution in [3.8, 4) is 0 Å². The molecule has 5 heteroatoms. The van der Waals surface area contributed by atoms with E-state index >= 15 is 0 Å². The fourth-order valence-electron chi connectivity index (χ4n) is 4.27. The number of esters is 1. The molecule has 1 amide bonds. The molecule has 3 rings (SSSR count). The molecular weight excluding hydrogens is 364 g/mol. The number of aromatic nitrogens is 1. The van der Waals surface area contributed by atoms with Gasteiger partial charge in [-0.3, -0.25) is 4.79 Å². The van der Waals surface area contributed by atoms with Crippen LogP contribution in [0.15, 0.2) is 48.8 Å². The second-order valence-corrected chi connectivity index (χ2v) is 8.56. The van der Waals surface area contributed by atoms with Crippen LogP contribution in [0.3, 0.4) is 0 Å². The van der Waals surface area contributed by atoms with Gasteiger partial charge in [0.15, 0.2) is 18.9 Å². The van der Waals surface area contributed by atoms with Crippen LogP contribution in [-0.4, -0.2) is 18.0 Å².